The van der Waals surface area contributed by atoms with Crippen LogP contribution >= 0.6 is 0 Å². The van der Waals surface area contributed by atoms with Crippen LogP contribution in [-0.2, 0) is 0 Å². The van der Waals surface area contributed by atoms with Crippen LogP contribution in [0.2, 0.25) is 0 Å². The summed E-state index contributed by atoms with van der Waals surface area (Å²) in [4.78, 5) is 5.12. The fourth-order valence-electron chi connectivity index (χ4n) is 11.7. The van der Waals surface area contributed by atoms with Gasteiger partial charge in [-0.1, -0.05) is 84.9 Å². The molecule has 10 aromatic rings. The zero-order chi connectivity index (χ0) is 34.6. The van der Waals surface area contributed by atoms with Crippen LogP contribution in [0.3, 0.4) is 0 Å². The molecule has 0 radical (unpaired) electrons. The van der Waals surface area contributed by atoms with E-state index in [0.717, 1.165) is 0 Å². The lowest BCUT2D eigenvalue weighted by molar-refractivity contribution is 1.16. The second-order valence-corrected chi connectivity index (χ2v) is 15.6. The molecule has 0 amide bonds. The van der Waals surface area contributed by atoms with Crippen molar-refractivity contribution in [3.63, 3.8) is 0 Å². The van der Waals surface area contributed by atoms with Gasteiger partial charge in [0.1, 0.15) is 0 Å². The highest BCUT2D eigenvalue weighted by Gasteiger charge is 2.55. The molecule has 244 valence electrons. The number of hydrogen-bond acceptors (Lipinski definition) is 2. The van der Waals surface area contributed by atoms with Crippen LogP contribution < -0.4 is 42.6 Å². The maximum Gasteiger partial charge on any atom is 0.251 e. The largest absolute Gasteiger partial charge is 0.311 e. The summed E-state index contributed by atoms with van der Waals surface area (Å²) in [6.45, 7) is 0.182. The lowest BCUT2D eigenvalue weighted by atomic mass is 9.18. The molecule has 0 atom stereocenters. The lowest BCUT2D eigenvalue weighted by Gasteiger charge is -2.49. The van der Waals surface area contributed by atoms with Gasteiger partial charge in [-0.25, -0.2) is 0 Å². The van der Waals surface area contributed by atoms with Crippen LogP contribution in [0.5, 0.6) is 0 Å². The van der Waals surface area contributed by atoms with Gasteiger partial charge >= 0.3 is 0 Å². The fourth-order valence-corrected chi connectivity index (χ4v) is 11.7. The first-order chi connectivity index (χ1) is 26.9. The number of hydrogen-bond donors (Lipinski definition) is 0. The Labute approximate surface area is 310 Å². The predicted molar refractivity (Wildman–Crippen MR) is 227 cm³/mol. The Morgan fingerprint density at radius 1 is 0.278 bits per heavy atom. The average molecular weight is 680 g/mol. The van der Waals surface area contributed by atoms with Crippen LogP contribution in [0, 0.1) is 0 Å². The number of benzene rings is 8. The molecule has 7 heterocycles. The van der Waals surface area contributed by atoms with Crippen molar-refractivity contribution < 1.29 is 0 Å². The van der Waals surface area contributed by atoms with Crippen LogP contribution in [0.15, 0.2) is 158 Å². The maximum absolute atomic E-state index is 2.61. The number of nitrogens with zero attached hydrogens (tertiary/aromatic N) is 4. The van der Waals surface area contributed by atoms with E-state index in [1.165, 1.54) is 122 Å². The first-order valence-electron chi connectivity index (χ1n) is 19.0. The number of aromatic nitrogens is 2. The van der Waals surface area contributed by atoms with E-state index in [-0.39, 0.29) is 13.4 Å². The molecule has 2 aromatic heterocycles. The molecule has 5 aliphatic heterocycles. The Morgan fingerprint density at radius 3 is 1.09 bits per heavy atom. The summed E-state index contributed by atoms with van der Waals surface area (Å²) < 4.78 is 5.23. The molecule has 0 saturated heterocycles. The standard InChI is InChI=1S/C48H26B2N4/c1-3-11-27(12-4-1)51-35-23-25-37-43-41(35)49-44-38(53-33-17-9-7-15-29(33)31-19-21-39(51)45(49)47(31)53)26-24-36-42(44)50(43)46-40(52(36)28-13-5-2-6-14-28)22-20-32-30-16-8-10-18-34(30)54(37)48(32)46/h1-26H. The van der Waals surface area contributed by atoms with Gasteiger partial charge in [0.05, 0.1) is 22.1 Å². The molecular weight excluding hydrogens is 654 g/mol. The molecule has 0 unspecified atom stereocenters. The Hall–Kier alpha value is -6.91. The van der Waals surface area contributed by atoms with Crippen molar-refractivity contribution in [1.29, 1.82) is 0 Å². The van der Waals surface area contributed by atoms with Gasteiger partial charge in [-0.3, -0.25) is 0 Å². The Bertz CT molecular complexity index is 3190. The number of anilines is 6. The zero-order valence-electron chi connectivity index (χ0n) is 29.0. The molecule has 0 aliphatic carbocycles. The molecule has 5 aliphatic rings. The molecule has 4 nitrogen and oxygen atoms in total. The summed E-state index contributed by atoms with van der Waals surface area (Å²) in [5.74, 6) is 0. The maximum atomic E-state index is 2.61. The van der Waals surface area contributed by atoms with Crippen LogP contribution in [0.4, 0.5) is 34.1 Å². The SMILES string of the molecule is c1ccc(N2c3ccc4c5c3B3c6c(ccc7c6B5c5c(ccc6c8ccccc8n-4c56)N7c4ccccc4)-n4c5ccccc5c5ccc2c3c54)cc1. The molecule has 0 fully saturated rings. The van der Waals surface area contributed by atoms with Crippen molar-refractivity contribution in [2.45, 2.75) is 0 Å². The van der Waals surface area contributed by atoms with E-state index in [9.17, 15) is 0 Å². The molecule has 54 heavy (non-hydrogen) atoms. The third-order valence-corrected chi connectivity index (χ3v) is 13.4. The molecule has 6 heteroatoms. The van der Waals surface area contributed by atoms with E-state index in [4.69, 9.17) is 0 Å². The van der Waals surface area contributed by atoms with E-state index < -0.39 is 0 Å². The van der Waals surface area contributed by atoms with Crippen LogP contribution in [0.1, 0.15) is 0 Å². The van der Waals surface area contributed by atoms with Crippen molar-refractivity contribution >= 4 is 124 Å². The minimum Gasteiger partial charge on any atom is -0.311 e. The van der Waals surface area contributed by atoms with Crippen molar-refractivity contribution in [1.82, 2.24) is 9.13 Å². The van der Waals surface area contributed by atoms with E-state index in [1.807, 2.05) is 0 Å². The predicted octanol–water partition coefficient (Wildman–Crippen LogP) is 7.42. The Morgan fingerprint density at radius 2 is 0.630 bits per heavy atom. The lowest BCUT2D eigenvalue weighted by Crippen LogP contribution is -2.80. The molecule has 8 aromatic carbocycles. The second-order valence-electron chi connectivity index (χ2n) is 15.6. The summed E-state index contributed by atoms with van der Waals surface area (Å²) in [5, 5.41) is 5.28. The highest BCUT2D eigenvalue weighted by Crippen LogP contribution is 2.47. The van der Waals surface area contributed by atoms with E-state index in [1.54, 1.807) is 0 Å². The van der Waals surface area contributed by atoms with Gasteiger partial charge in [0, 0.05) is 67.0 Å². The van der Waals surface area contributed by atoms with Gasteiger partial charge < -0.3 is 18.9 Å². The summed E-state index contributed by atoms with van der Waals surface area (Å²) >= 11 is 0. The van der Waals surface area contributed by atoms with Gasteiger partial charge in [-0.2, -0.15) is 0 Å². The quantitative estimate of drug-likeness (QED) is 0.177. The van der Waals surface area contributed by atoms with Crippen LogP contribution in [0.25, 0.3) is 55.0 Å². The monoisotopic (exact) mass is 680 g/mol. The van der Waals surface area contributed by atoms with Gasteiger partial charge in [-0.15, -0.1) is 0 Å². The smallest absolute Gasteiger partial charge is 0.251 e. The summed E-state index contributed by atoms with van der Waals surface area (Å²) in [6, 6.07) is 59.4. The molecule has 0 spiro atoms. The van der Waals surface area contributed by atoms with Gasteiger partial charge in [0.25, 0.3) is 13.4 Å². The minimum atomic E-state index is 0.0911. The van der Waals surface area contributed by atoms with Crippen LogP contribution in [-0.4, -0.2) is 22.6 Å². The number of rotatable bonds is 2. The molecule has 0 bridgehead atoms. The van der Waals surface area contributed by atoms with Crippen molar-refractivity contribution in [3.05, 3.63) is 158 Å². The number of para-hydroxylation sites is 4. The van der Waals surface area contributed by atoms with Gasteiger partial charge in [0.15, 0.2) is 0 Å². The fraction of sp³-hybridized carbons (Fsp3) is 0. The third kappa shape index (κ3) is 2.73. The Kier molecular flexibility index (Phi) is 4.38. The molecule has 15 rings (SSSR count). The Balaban J connectivity index is 1.22. The van der Waals surface area contributed by atoms with Gasteiger partial charge in [0.2, 0.25) is 0 Å². The molecule has 0 N–H and O–H groups in total. The number of fused-ring (bicyclic) bond motifs is 8. The minimum absolute atomic E-state index is 0.0911. The van der Waals surface area contributed by atoms with Crippen molar-refractivity contribution in [3.8, 4) is 11.4 Å². The van der Waals surface area contributed by atoms with Crippen molar-refractivity contribution in [2.24, 2.45) is 0 Å². The summed E-state index contributed by atoms with van der Waals surface area (Å²) in [7, 11) is 0. The van der Waals surface area contributed by atoms with E-state index >= 15 is 0 Å². The first kappa shape index (κ1) is 26.8. The third-order valence-electron chi connectivity index (χ3n) is 13.4. The van der Waals surface area contributed by atoms with Gasteiger partial charge in [-0.05, 0) is 106 Å². The second kappa shape index (κ2) is 8.82. The summed E-state index contributed by atoms with van der Waals surface area (Å²) in [5.41, 5.74) is 24.1. The van der Waals surface area contributed by atoms with Crippen molar-refractivity contribution in [2.75, 3.05) is 9.80 Å². The first-order valence-corrected chi connectivity index (χ1v) is 19.0. The summed E-state index contributed by atoms with van der Waals surface area (Å²) in [6.07, 6.45) is 0. The van der Waals surface area contributed by atoms with E-state index in [0.29, 0.717) is 0 Å². The normalized spacial score (nSPS) is 14.5. The average Bonchev–Trinajstić information content (AvgIpc) is 3.76. The van der Waals surface area contributed by atoms with E-state index in [2.05, 4.69) is 177 Å². The topological polar surface area (TPSA) is 16.3 Å². The molecule has 0 saturated carbocycles. The molecular formula is C48H26B2N4. The highest BCUT2D eigenvalue weighted by molar-refractivity contribution is 7.15. The highest BCUT2D eigenvalue weighted by atomic mass is 15.2. The zero-order valence-corrected chi connectivity index (χ0v) is 29.0.